The van der Waals surface area contributed by atoms with Gasteiger partial charge in [-0.15, -0.1) is 0 Å². The number of nitrogens with one attached hydrogen (secondary N) is 1. The first-order valence-corrected chi connectivity index (χ1v) is 11.3. The number of rotatable bonds is 7. The highest BCUT2D eigenvalue weighted by molar-refractivity contribution is 7.89. The van der Waals surface area contributed by atoms with Crippen LogP contribution in [0.3, 0.4) is 0 Å². The van der Waals surface area contributed by atoms with Crippen molar-refractivity contribution in [3.8, 4) is 0 Å². The molecular formula is C22H28N2O3S. The van der Waals surface area contributed by atoms with Crippen LogP contribution in [-0.4, -0.2) is 38.3 Å². The van der Waals surface area contributed by atoms with Gasteiger partial charge in [-0.1, -0.05) is 48.0 Å². The average Bonchev–Trinajstić information content (AvgIpc) is 2.73. The van der Waals surface area contributed by atoms with Gasteiger partial charge in [0.25, 0.3) is 0 Å². The van der Waals surface area contributed by atoms with Crippen molar-refractivity contribution >= 4 is 15.9 Å². The summed E-state index contributed by atoms with van der Waals surface area (Å²) < 4.78 is 27.0. The van der Waals surface area contributed by atoms with Gasteiger partial charge >= 0.3 is 0 Å². The molecule has 2 aromatic rings. The van der Waals surface area contributed by atoms with E-state index in [0.717, 1.165) is 19.3 Å². The summed E-state index contributed by atoms with van der Waals surface area (Å²) in [6, 6.07) is 16.9. The molecule has 0 aromatic heterocycles. The Morgan fingerprint density at radius 2 is 1.82 bits per heavy atom. The summed E-state index contributed by atoms with van der Waals surface area (Å²) in [7, 11) is -3.54. The molecule has 28 heavy (non-hydrogen) atoms. The van der Waals surface area contributed by atoms with Crippen molar-refractivity contribution in [2.45, 2.75) is 37.5 Å². The maximum Gasteiger partial charge on any atom is 0.243 e. The number of hydrogen-bond acceptors (Lipinski definition) is 3. The lowest BCUT2D eigenvalue weighted by Gasteiger charge is -2.31. The van der Waals surface area contributed by atoms with Crippen LogP contribution < -0.4 is 5.32 Å². The first-order chi connectivity index (χ1) is 13.5. The fraction of sp³-hybridized carbons (Fsp3) is 0.409. The lowest BCUT2D eigenvalue weighted by molar-refractivity contribution is -0.126. The predicted octanol–water partition coefficient (Wildman–Crippen LogP) is 3.14. The highest BCUT2D eigenvalue weighted by Crippen LogP contribution is 2.23. The van der Waals surface area contributed by atoms with E-state index in [-0.39, 0.29) is 23.3 Å². The monoisotopic (exact) mass is 400 g/mol. The van der Waals surface area contributed by atoms with Crippen LogP contribution in [-0.2, 0) is 21.2 Å². The van der Waals surface area contributed by atoms with Gasteiger partial charge in [0, 0.05) is 19.6 Å². The summed E-state index contributed by atoms with van der Waals surface area (Å²) in [6.07, 6.45) is 3.21. The Labute approximate surface area is 167 Å². The molecule has 0 aliphatic carbocycles. The van der Waals surface area contributed by atoms with Gasteiger partial charge in [-0.25, -0.2) is 8.42 Å². The Kier molecular flexibility index (Phi) is 6.86. The molecule has 6 heteroatoms. The van der Waals surface area contributed by atoms with E-state index in [1.807, 2.05) is 0 Å². The maximum atomic E-state index is 12.8. The number of aryl methyl sites for hydroxylation is 2. The first-order valence-electron chi connectivity index (χ1n) is 9.85. The van der Waals surface area contributed by atoms with Gasteiger partial charge in [0.15, 0.2) is 0 Å². The molecule has 1 aliphatic rings. The SMILES string of the molecule is Cc1ccc(CCCNC(=O)[C@H]2CCCN(S(=O)(=O)c3ccccc3)C2)cc1. The number of piperidine rings is 1. The second-order valence-electron chi connectivity index (χ2n) is 7.40. The number of hydrogen-bond donors (Lipinski definition) is 1. The van der Waals surface area contributed by atoms with Gasteiger partial charge < -0.3 is 5.32 Å². The molecule has 1 amide bonds. The Balaban J connectivity index is 1.49. The van der Waals surface area contributed by atoms with Crippen molar-refractivity contribution < 1.29 is 13.2 Å². The van der Waals surface area contributed by atoms with Crippen LogP contribution in [0.15, 0.2) is 59.5 Å². The molecule has 0 bridgehead atoms. The molecular weight excluding hydrogens is 372 g/mol. The predicted molar refractivity (Wildman–Crippen MR) is 110 cm³/mol. The fourth-order valence-electron chi connectivity index (χ4n) is 3.52. The van der Waals surface area contributed by atoms with E-state index in [0.29, 0.717) is 19.5 Å². The third-order valence-corrected chi connectivity index (χ3v) is 7.08. The van der Waals surface area contributed by atoms with Crippen molar-refractivity contribution in [2.75, 3.05) is 19.6 Å². The van der Waals surface area contributed by atoms with E-state index in [1.165, 1.54) is 15.4 Å². The van der Waals surface area contributed by atoms with Gasteiger partial charge in [0.05, 0.1) is 10.8 Å². The Morgan fingerprint density at radius 1 is 1.11 bits per heavy atom. The summed E-state index contributed by atoms with van der Waals surface area (Å²) >= 11 is 0. The molecule has 5 nitrogen and oxygen atoms in total. The van der Waals surface area contributed by atoms with Crippen LogP contribution in [0.1, 0.15) is 30.4 Å². The molecule has 1 heterocycles. The molecule has 0 unspecified atom stereocenters. The van der Waals surface area contributed by atoms with Crippen molar-refractivity contribution in [1.29, 1.82) is 0 Å². The topological polar surface area (TPSA) is 66.5 Å². The molecule has 1 fully saturated rings. The van der Waals surface area contributed by atoms with Crippen molar-refractivity contribution in [2.24, 2.45) is 5.92 Å². The molecule has 0 saturated carbocycles. The highest BCUT2D eigenvalue weighted by atomic mass is 32.2. The van der Waals surface area contributed by atoms with Gasteiger partial charge in [0.2, 0.25) is 15.9 Å². The van der Waals surface area contributed by atoms with Gasteiger partial charge in [-0.05, 0) is 50.3 Å². The average molecular weight is 401 g/mol. The zero-order chi connectivity index (χ0) is 20.0. The third-order valence-electron chi connectivity index (χ3n) is 5.20. The lowest BCUT2D eigenvalue weighted by atomic mass is 9.99. The zero-order valence-corrected chi connectivity index (χ0v) is 17.1. The second kappa shape index (κ2) is 9.34. The van der Waals surface area contributed by atoms with E-state index in [9.17, 15) is 13.2 Å². The van der Waals surface area contributed by atoms with E-state index >= 15 is 0 Å². The number of benzene rings is 2. The van der Waals surface area contributed by atoms with Crippen molar-refractivity contribution in [3.63, 3.8) is 0 Å². The van der Waals surface area contributed by atoms with Crippen LogP contribution in [0.2, 0.25) is 0 Å². The first kappa shape index (κ1) is 20.6. The van der Waals surface area contributed by atoms with Crippen LogP contribution in [0.5, 0.6) is 0 Å². The highest BCUT2D eigenvalue weighted by Gasteiger charge is 2.33. The fourth-order valence-corrected chi connectivity index (χ4v) is 5.06. The molecule has 1 N–H and O–H groups in total. The van der Waals surface area contributed by atoms with Crippen LogP contribution in [0.4, 0.5) is 0 Å². The molecule has 2 aromatic carbocycles. The van der Waals surface area contributed by atoms with Crippen molar-refractivity contribution in [1.82, 2.24) is 9.62 Å². The standard InChI is InChI=1S/C22H28N2O3S/c1-18-11-13-19(14-12-18)7-5-15-23-22(25)20-8-6-16-24(17-20)28(26,27)21-9-3-2-4-10-21/h2-4,9-14,20H,5-8,15-17H2,1H3,(H,23,25)/t20-/m0/s1. The number of amides is 1. The smallest absolute Gasteiger partial charge is 0.243 e. The largest absolute Gasteiger partial charge is 0.356 e. The van der Waals surface area contributed by atoms with E-state index in [2.05, 4.69) is 36.5 Å². The molecule has 1 aliphatic heterocycles. The molecule has 150 valence electrons. The van der Waals surface area contributed by atoms with Crippen LogP contribution in [0, 0.1) is 12.8 Å². The number of carbonyl (C=O) groups excluding carboxylic acids is 1. The summed E-state index contributed by atoms with van der Waals surface area (Å²) in [6.45, 7) is 3.39. The van der Waals surface area contributed by atoms with E-state index in [1.54, 1.807) is 30.3 Å². The molecule has 1 saturated heterocycles. The van der Waals surface area contributed by atoms with E-state index in [4.69, 9.17) is 0 Å². The molecule has 0 spiro atoms. The summed E-state index contributed by atoms with van der Waals surface area (Å²) in [5, 5.41) is 2.99. The van der Waals surface area contributed by atoms with Crippen LogP contribution >= 0.6 is 0 Å². The minimum Gasteiger partial charge on any atom is -0.356 e. The zero-order valence-electron chi connectivity index (χ0n) is 16.3. The van der Waals surface area contributed by atoms with Crippen molar-refractivity contribution in [3.05, 3.63) is 65.7 Å². The lowest BCUT2D eigenvalue weighted by Crippen LogP contribution is -2.45. The van der Waals surface area contributed by atoms with Gasteiger partial charge in [-0.3, -0.25) is 4.79 Å². The normalized spacial score (nSPS) is 18.0. The second-order valence-corrected chi connectivity index (χ2v) is 9.33. The Hall–Kier alpha value is -2.18. The Bertz CT molecular complexity index is 880. The molecule has 3 rings (SSSR count). The Morgan fingerprint density at radius 3 is 2.54 bits per heavy atom. The quantitative estimate of drug-likeness (QED) is 0.726. The summed E-state index contributed by atoms with van der Waals surface area (Å²) in [5.41, 5.74) is 2.50. The minimum absolute atomic E-state index is 0.0446. The van der Waals surface area contributed by atoms with Gasteiger partial charge in [-0.2, -0.15) is 4.31 Å². The number of nitrogens with zero attached hydrogens (tertiary/aromatic N) is 1. The van der Waals surface area contributed by atoms with Gasteiger partial charge in [0.1, 0.15) is 0 Å². The molecule has 0 radical (unpaired) electrons. The number of carbonyl (C=O) groups is 1. The number of sulfonamides is 1. The third kappa shape index (κ3) is 5.20. The van der Waals surface area contributed by atoms with Crippen LogP contribution in [0.25, 0.3) is 0 Å². The summed E-state index contributed by atoms with van der Waals surface area (Å²) in [4.78, 5) is 12.8. The van der Waals surface area contributed by atoms with E-state index < -0.39 is 10.0 Å². The minimum atomic E-state index is -3.54. The summed E-state index contributed by atoms with van der Waals surface area (Å²) in [5.74, 6) is -0.330. The maximum absolute atomic E-state index is 12.8. The molecule has 1 atom stereocenters.